The van der Waals surface area contributed by atoms with Crippen LogP contribution in [-0.2, 0) is 0 Å². The third-order valence-electron chi connectivity index (χ3n) is 3.01. The van der Waals surface area contributed by atoms with Crippen LogP contribution < -0.4 is 5.32 Å². The van der Waals surface area contributed by atoms with Crippen LogP contribution in [0.4, 0.5) is 0 Å². The smallest absolute Gasteiger partial charge is 0.265 e. The minimum Gasteiger partial charge on any atom is -0.338 e. The number of carbonyl (C=O) groups excluding carboxylic acids is 1. The number of hydrogen-bond acceptors (Lipinski definition) is 4. The van der Waals surface area contributed by atoms with Crippen molar-refractivity contribution in [2.75, 3.05) is 26.7 Å². The molecule has 7 heteroatoms. The number of aromatic nitrogens is 1. The summed E-state index contributed by atoms with van der Waals surface area (Å²) >= 11 is 1.44. The number of carbonyl (C=O) groups is 1. The van der Waals surface area contributed by atoms with E-state index in [2.05, 4.69) is 10.3 Å². The minimum absolute atomic E-state index is 0. The lowest BCUT2D eigenvalue weighted by Gasteiger charge is -2.15. The van der Waals surface area contributed by atoms with E-state index in [-0.39, 0.29) is 30.7 Å². The zero-order valence-electron chi connectivity index (χ0n) is 10.5. The Balaban J connectivity index is 0.00000144. The van der Waals surface area contributed by atoms with E-state index in [0.717, 1.165) is 36.6 Å². The van der Waals surface area contributed by atoms with Gasteiger partial charge in [-0.15, -0.1) is 36.2 Å². The number of halogens is 2. The number of hydrogen-bond donors (Lipinski definition) is 1. The first kappa shape index (κ1) is 17.6. The third kappa shape index (κ3) is 3.82. The van der Waals surface area contributed by atoms with Crippen LogP contribution in [0.2, 0.25) is 0 Å². The van der Waals surface area contributed by atoms with Crippen molar-refractivity contribution in [3.63, 3.8) is 0 Å². The first-order chi connectivity index (χ1) is 7.72. The summed E-state index contributed by atoms with van der Waals surface area (Å²) in [5.41, 5.74) is 2.59. The van der Waals surface area contributed by atoms with E-state index in [9.17, 15) is 4.79 Å². The zero-order valence-corrected chi connectivity index (χ0v) is 13.0. The molecule has 0 spiro atoms. The Morgan fingerprint density at radius 3 is 2.89 bits per heavy atom. The van der Waals surface area contributed by atoms with Gasteiger partial charge in [0.15, 0.2) is 0 Å². The predicted molar refractivity (Wildman–Crippen MR) is 79.3 cm³/mol. The second-order valence-electron chi connectivity index (χ2n) is 4.23. The van der Waals surface area contributed by atoms with Gasteiger partial charge in [-0.1, -0.05) is 0 Å². The zero-order chi connectivity index (χ0) is 11.5. The molecule has 0 aliphatic carbocycles. The molecule has 1 atom stereocenters. The molecule has 2 heterocycles. The molecule has 1 fully saturated rings. The maximum Gasteiger partial charge on any atom is 0.265 e. The Morgan fingerprint density at radius 2 is 2.33 bits per heavy atom. The quantitative estimate of drug-likeness (QED) is 0.928. The highest BCUT2D eigenvalue weighted by Gasteiger charge is 2.27. The maximum atomic E-state index is 12.2. The van der Waals surface area contributed by atoms with Gasteiger partial charge in [0.05, 0.1) is 11.2 Å². The summed E-state index contributed by atoms with van der Waals surface area (Å²) in [5, 5.41) is 3.17. The number of rotatable bonds is 3. The molecule has 104 valence electrons. The number of amides is 1. The summed E-state index contributed by atoms with van der Waals surface area (Å²) in [6, 6.07) is 0. The Hall–Kier alpha value is -0.360. The Morgan fingerprint density at radius 1 is 1.61 bits per heavy atom. The number of aryl methyl sites for hydroxylation is 1. The SMILES string of the molecule is CNCC1CCN(C(=O)c2scnc2C)C1.Cl.Cl. The lowest BCUT2D eigenvalue weighted by Crippen LogP contribution is -2.30. The van der Waals surface area contributed by atoms with Crippen LogP contribution in [0.1, 0.15) is 21.8 Å². The molecular weight excluding hydrogens is 293 g/mol. The van der Waals surface area contributed by atoms with Crippen molar-refractivity contribution < 1.29 is 4.79 Å². The third-order valence-corrected chi connectivity index (χ3v) is 3.92. The Bertz CT molecular complexity index is 386. The van der Waals surface area contributed by atoms with E-state index in [4.69, 9.17) is 0 Å². The number of thiazole rings is 1. The van der Waals surface area contributed by atoms with Crippen molar-refractivity contribution in [1.29, 1.82) is 0 Å². The van der Waals surface area contributed by atoms with Crippen LogP contribution in [-0.4, -0.2) is 42.5 Å². The van der Waals surface area contributed by atoms with Crippen LogP contribution in [0, 0.1) is 12.8 Å². The molecule has 1 N–H and O–H groups in total. The molecule has 18 heavy (non-hydrogen) atoms. The Kier molecular flexibility index (Phi) is 7.78. The van der Waals surface area contributed by atoms with Crippen LogP contribution in [0.15, 0.2) is 5.51 Å². The summed E-state index contributed by atoms with van der Waals surface area (Å²) in [5.74, 6) is 0.751. The van der Waals surface area contributed by atoms with E-state index in [1.165, 1.54) is 11.3 Å². The van der Waals surface area contributed by atoms with Crippen molar-refractivity contribution in [2.45, 2.75) is 13.3 Å². The summed E-state index contributed by atoms with van der Waals surface area (Å²) in [7, 11) is 1.96. The molecule has 2 rings (SSSR count). The van der Waals surface area contributed by atoms with Crippen LogP contribution in [0.3, 0.4) is 0 Å². The highest BCUT2D eigenvalue weighted by atomic mass is 35.5. The molecule has 0 saturated carbocycles. The van der Waals surface area contributed by atoms with Crippen molar-refractivity contribution >= 4 is 42.1 Å². The summed E-state index contributed by atoms with van der Waals surface area (Å²) in [6.45, 7) is 4.63. The van der Waals surface area contributed by atoms with Gasteiger partial charge in [0, 0.05) is 13.1 Å². The largest absolute Gasteiger partial charge is 0.338 e. The summed E-state index contributed by atoms with van der Waals surface area (Å²) in [6.07, 6.45) is 1.10. The van der Waals surface area contributed by atoms with Gasteiger partial charge in [0.25, 0.3) is 5.91 Å². The minimum atomic E-state index is 0. The molecule has 1 saturated heterocycles. The van der Waals surface area contributed by atoms with Crippen LogP contribution >= 0.6 is 36.2 Å². The summed E-state index contributed by atoms with van der Waals surface area (Å²) in [4.78, 5) is 19.0. The highest BCUT2D eigenvalue weighted by Crippen LogP contribution is 2.21. The number of likely N-dealkylation sites (tertiary alicyclic amines) is 1. The highest BCUT2D eigenvalue weighted by molar-refractivity contribution is 7.11. The fraction of sp³-hybridized carbons (Fsp3) is 0.636. The molecule has 1 amide bonds. The van der Waals surface area contributed by atoms with Gasteiger partial charge in [0.1, 0.15) is 4.88 Å². The van der Waals surface area contributed by atoms with Crippen molar-refractivity contribution in [2.24, 2.45) is 5.92 Å². The molecule has 0 bridgehead atoms. The molecule has 4 nitrogen and oxygen atoms in total. The molecule has 1 aromatic heterocycles. The lowest BCUT2D eigenvalue weighted by atomic mass is 10.1. The normalized spacial score (nSPS) is 18.1. The van der Waals surface area contributed by atoms with Gasteiger partial charge in [0.2, 0.25) is 0 Å². The molecule has 1 aliphatic rings. The van der Waals surface area contributed by atoms with E-state index in [1.807, 2.05) is 18.9 Å². The predicted octanol–water partition coefficient (Wildman–Crippen LogP) is 1.98. The average molecular weight is 312 g/mol. The standard InChI is InChI=1S/C11H17N3OS.2ClH/c1-8-10(16-7-13-8)11(15)14-4-3-9(6-14)5-12-2;;/h7,9,12H,3-6H2,1-2H3;2*1H. The van der Waals surface area contributed by atoms with E-state index in [1.54, 1.807) is 5.51 Å². The van der Waals surface area contributed by atoms with Gasteiger partial charge in [-0.05, 0) is 32.9 Å². The van der Waals surface area contributed by atoms with Gasteiger partial charge < -0.3 is 10.2 Å². The molecule has 1 aromatic rings. The first-order valence-corrected chi connectivity index (χ1v) is 6.44. The van der Waals surface area contributed by atoms with Gasteiger partial charge in [-0.2, -0.15) is 0 Å². The van der Waals surface area contributed by atoms with E-state index in [0.29, 0.717) is 5.92 Å². The second-order valence-corrected chi connectivity index (χ2v) is 5.09. The maximum absolute atomic E-state index is 12.2. The van der Waals surface area contributed by atoms with Crippen molar-refractivity contribution in [3.8, 4) is 0 Å². The van der Waals surface area contributed by atoms with E-state index < -0.39 is 0 Å². The number of nitrogens with zero attached hydrogens (tertiary/aromatic N) is 2. The summed E-state index contributed by atoms with van der Waals surface area (Å²) < 4.78 is 0. The fourth-order valence-electron chi connectivity index (χ4n) is 2.12. The first-order valence-electron chi connectivity index (χ1n) is 5.56. The molecule has 0 radical (unpaired) electrons. The molecule has 0 aromatic carbocycles. The van der Waals surface area contributed by atoms with Crippen molar-refractivity contribution in [3.05, 3.63) is 16.1 Å². The lowest BCUT2D eigenvalue weighted by molar-refractivity contribution is 0.0791. The topological polar surface area (TPSA) is 45.2 Å². The molecule has 1 unspecified atom stereocenters. The van der Waals surface area contributed by atoms with Crippen LogP contribution in [0.5, 0.6) is 0 Å². The second kappa shape index (κ2) is 7.94. The van der Waals surface area contributed by atoms with Gasteiger partial charge >= 0.3 is 0 Å². The number of nitrogens with one attached hydrogen (secondary N) is 1. The average Bonchev–Trinajstić information content (AvgIpc) is 2.87. The fourth-order valence-corrected chi connectivity index (χ4v) is 2.89. The van der Waals surface area contributed by atoms with E-state index >= 15 is 0 Å². The molecular formula is C11H19Cl2N3OS. The molecule has 1 aliphatic heterocycles. The van der Waals surface area contributed by atoms with Crippen molar-refractivity contribution in [1.82, 2.24) is 15.2 Å². The van der Waals surface area contributed by atoms with Gasteiger partial charge in [-0.25, -0.2) is 4.98 Å². The Labute approximate surface area is 124 Å². The van der Waals surface area contributed by atoms with Crippen LogP contribution in [0.25, 0.3) is 0 Å². The monoisotopic (exact) mass is 311 g/mol. The van der Waals surface area contributed by atoms with Gasteiger partial charge in [-0.3, -0.25) is 4.79 Å².